The summed E-state index contributed by atoms with van der Waals surface area (Å²) in [5.41, 5.74) is 2.30. The fourth-order valence-electron chi connectivity index (χ4n) is 3.22. The lowest BCUT2D eigenvalue weighted by atomic mass is 9.99. The van der Waals surface area contributed by atoms with Gasteiger partial charge in [-0.15, -0.1) is 0 Å². The Morgan fingerprint density at radius 2 is 1.62 bits per heavy atom. The molecule has 1 aliphatic carbocycles. The SMILES string of the molecule is CC(C)c1ccc(C(C)NC(=O)CCS(=O)(=O)C2CCCC2)cc1. The van der Waals surface area contributed by atoms with Crippen LogP contribution in [0.1, 0.15) is 76.0 Å². The maximum Gasteiger partial charge on any atom is 0.221 e. The summed E-state index contributed by atoms with van der Waals surface area (Å²) < 4.78 is 24.4. The standard InChI is InChI=1S/C19H29NO3S/c1-14(2)16-8-10-17(11-9-16)15(3)20-19(21)12-13-24(22,23)18-6-4-5-7-18/h8-11,14-15,18H,4-7,12-13H2,1-3H3,(H,20,21). The first-order valence-electron chi connectivity index (χ1n) is 8.90. The largest absolute Gasteiger partial charge is 0.350 e. The number of hydrogen-bond donors (Lipinski definition) is 1. The summed E-state index contributed by atoms with van der Waals surface area (Å²) in [7, 11) is -3.13. The highest BCUT2D eigenvalue weighted by molar-refractivity contribution is 7.92. The molecule has 24 heavy (non-hydrogen) atoms. The van der Waals surface area contributed by atoms with Crippen molar-refractivity contribution in [3.63, 3.8) is 0 Å². The normalized spacial score (nSPS) is 17.2. The minimum Gasteiger partial charge on any atom is -0.350 e. The molecule has 1 aromatic carbocycles. The molecule has 2 rings (SSSR count). The number of rotatable bonds is 7. The van der Waals surface area contributed by atoms with Crippen molar-refractivity contribution >= 4 is 15.7 Å². The average molecular weight is 352 g/mol. The zero-order valence-corrected chi connectivity index (χ0v) is 15.7. The highest BCUT2D eigenvalue weighted by atomic mass is 32.2. The lowest BCUT2D eigenvalue weighted by Crippen LogP contribution is -2.30. The van der Waals surface area contributed by atoms with Gasteiger partial charge < -0.3 is 5.32 Å². The first-order chi connectivity index (χ1) is 11.3. The van der Waals surface area contributed by atoms with Crippen molar-refractivity contribution in [3.05, 3.63) is 35.4 Å². The smallest absolute Gasteiger partial charge is 0.221 e. The summed E-state index contributed by atoms with van der Waals surface area (Å²) >= 11 is 0. The van der Waals surface area contributed by atoms with Gasteiger partial charge in [-0.2, -0.15) is 0 Å². The van der Waals surface area contributed by atoms with Crippen molar-refractivity contribution in [1.29, 1.82) is 0 Å². The maximum atomic E-state index is 12.2. The summed E-state index contributed by atoms with van der Waals surface area (Å²) in [6.07, 6.45) is 3.53. The highest BCUT2D eigenvalue weighted by Gasteiger charge is 2.29. The second kappa shape index (κ2) is 8.15. The van der Waals surface area contributed by atoms with E-state index in [2.05, 4.69) is 31.3 Å². The molecular formula is C19H29NO3S. The van der Waals surface area contributed by atoms with E-state index in [0.717, 1.165) is 31.2 Å². The Labute approximate surface area is 146 Å². The quantitative estimate of drug-likeness (QED) is 0.814. The van der Waals surface area contributed by atoms with E-state index in [1.165, 1.54) is 5.56 Å². The van der Waals surface area contributed by atoms with E-state index in [4.69, 9.17) is 0 Å². The Bertz CT molecular complexity index is 644. The Morgan fingerprint density at radius 1 is 1.08 bits per heavy atom. The van der Waals surface area contributed by atoms with E-state index >= 15 is 0 Å². The molecule has 0 heterocycles. The predicted molar refractivity (Wildman–Crippen MR) is 97.7 cm³/mol. The van der Waals surface area contributed by atoms with E-state index in [1.807, 2.05) is 19.1 Å². The second-order valence-electron chi connectivity index (χ2n) is 7.13. The number of nitrogens with one attached hydrogen (secondary N) is 1. The first kappa shape index (κ1) is 19.0. The average Bonchev–Trinajstić information content (AvgIpc) is 3.08. The molecule has 1 amide bonds. The minimum absolute atomic E-state index is 0.0392. The summed E-state index contributed by atoms with van der Waals surface area (Å²) in [6, 6.07) is 8.08. The second-order valence-corrected chi connectivity index (χ2v) is 9.53. The molecule has 1 aliphatic rings. The van der Waals surface area contributed by atoms with Gasteiger partial charge in [-0.3, -0.25) is 4.79 Å². The van der Waals surface area contributed by atoms with Crippen LogP contribution in [-0.2, 0) is 14.6 Å². The highest BCUT2D eigenvalue weighted by Crippen LogP contribution is 2.25. The van der Waals surface area contributed by atoms with Gasteiger partial charge >= 0.3 is 0 Å². The molecule has 0 spiro atoms. The Balaban J connectivity index is 1.85. The Hall–Kier alpha value is -1.36. The number of amides is 1. The summed E-state index contributed by atoms with van der Waals surface area (Å²) in [5.74, 6) is 0.240. The van der Waals surface area contributed by atoms with Crippen LogP contribution in [0.25, 0.3) is 0 Å². The fraction of sp³-hybridized carbons (Fsp3) is 0.632. The molecule has 1 aromatic rings. The van der Waals surface area contributed by atoms with Gasteiger partial charge in [0, 0.05) is 6.42 Å². The van der Waals surface area contributed by atoms with Gasteiger partial charge in [0.25, 0.3) is 0 Å². The van der Waals surface area contributed by atoms with E-state index in [0.29, 0.717) is 5.92 Å². The molecule has 0 saturated heterocycles. The molecule has 0 radical (unpaired) electrons. The maximum absolute atomic E-state index is 12.2. The third-order valence-corrected chi connectivity index (χ3v) is 7.16. The number of carbonyl (C=O) groups excluding carboxylic acids is 1. The number of sulfone groups is 1. The summed E-state index contributed by atoms with van der Waals surface area (Å²) in [4.78, 5) is 12.1. The Morgan fingerprint density at radius 3 is 2.17 bits per heavy atom. The van der Waals surface area contributed by atoms with Gasteiger partial charge in [-0.25, -0.2) is 8.42 Å². The molecular weight excluding hydrogens is 322 g/mol. The van der Waals surface area contributed by atoms with Crippen LogP contribution >= 0.6 is 0 Å². The van der Waals surface area contributed by atoms with E-state index < -0.39 is 9.84 Å². The predicted octanol–water partition coefficient (Wildman–Crippen LogP) is 3.73. The van der Waals surface area contributed by atoms with Gasteiger partial charge in [0.05, 0.1) is 17.0 Å². The van der Waals surface area contributed by atoms with Crippen molar-refractivity contribution in [2.45, 2.75) is 70.1 Å². The number of carbonyl (C=O) groups is 1. The molecule has 5 heteroatoms. The third-order valence-electron chi connectivity index (χ3n) is 4.90. The zero-order valence-electron chi connectivity index (χ0n) is 14.9. The van der Waals surface area contributed by atoms with E-state index in [-0.39, 0.29) is 29.4 Å². The topological polar surface area (TPSA) is 63.2 Å². The molecule has 1 unspecified atom stereocenters. The van der Waals surface area contributed by atoms with E-state index in [9.17, 15) is 13.2 Å². The van der Waals surface area contributed by atoms with Crippen molar-refractivity contribution in [2.24, 2.45) is 0 Å². The number of benzene rings is 1. The molecule has 1 N–H and O–H groups in total. The van der Waals surface area contributed by atoms with Gasteiger partial charge in [0.2, 0.25) is 5.91 Å². The lowest BCUT2D eigenvalue weighted by molar-refractivity contribution is -0.121. The molecule has 0 aliphatic heterocycles. The van der Waals surface area contributed by atoms with Gasteiger partial charge in [-0.1, -0.05) is 51.0 Å². The van der Waals surface area contributed by atoms with Crippen LogP contribution in [0.4, 0.5) is 0 Å². The lowest BCUT2D eigenvalue weighted by Gasteiger charge is -2.16. The Kier molecular flexibility index (Phi) is 6.44. The van der Waals surface area contributed by atoms with Crippen LogP contribution in [0.3, 0.4) is 0 Å². The molecule has 0 bridgehead atoms. The monoisotopic (exact) mass is 351 g/mol. The van der Waals surface area contributed by atoms with Crippen LogP contribution in [0.5, 0.6) is 0 Å². The van der Waals surface area contributed by atoms with Crippen molar-refractivity contribution < 1.29 is 13.2 Å². The molecule has 1 atom stereocenters. The fourth-order valence-corrected chi connectivity index (χ4v) is 5.07. The molecule has 1 fully saturated rings. The van der Waals surface area contributed by atoms with Gasteiger partial charge in [0.15, 0.2) is 9.84 Å². The van der Waals surface area contributed by atoms with E-state index in [1.54, 1.807) is 0 Å². The van der Waals surface area contributed by atoms with Gasteiger partial charge in [-0.05, 0) is 36.8 Å². The molecule has 0 aromatic heterocycles. The zero-order chi connectivity index (χ0) is 17.7. The van der Waals surface area contributed by atoms with Crippen LogP contribution in [0.15, 0.2) is 24.3 Å². The van der Waals surface area contributed by atoms with Crippen molar-refractivity contribution in [3.8, 4) is 0 Å². The van der Waals surface area contributed by atoms with Crippen molar-refractivity contribution in [1.82, 2.24) is 5.32 Å². The van der Waals surface area contributed by atoms with Crippen LogP contribution in [-0.4, -0.2) is 25.3 Å². The van der Waals surface area contributed by atoms with Crippen LogP contribution in [0, 0.1) is 0 Å². The summed E-state index contributed by atoms with van der Waals surface area (Å²) in [5, 5.41) is 2.67. The molecule has 1 saturated carbocycles. The number of hydrogen-bond acceptors (Lipinski definition) is 3. The first-order valence-corrected chi connectivity index (χ1v) is 10.6. The molecule has 4 nitrogen and oxygen atoms in total. The van der Waals surface area contributed by atoms with Crippen LogP contribution < -0.4 is 5.32 Å². The van der Waals surface area contributed by atoms with Crippen molar-refractivity contribution in [2.75, 3.05) is 5.75 Å². The minimum atomic E-state index is -3.13. The third kappa shape index (κ3) is 5.07. The van der Waals surface area contributed by atoms with Gasteiger partial charge in [0.1, 0.15) is 0 Å². The summed E-state index contributed by atoms with van der Waals surface area (Å²) in [6.45, 7) is 6.21. The van der Waals surface area contributed by atoms with Crippen LogP contribution in [0.2, 0.25) is 0 Å². The molecule has 134 valence electrons.